The number of fused-ring (bicyclic) bond motifs is 1. The highest BCUT2D eigenvalue weighted by molar-refractivity contribution is 5.52. The van der Waals surface area contributed by atoms with Crippen LogP contribution in [0.15, 0.2) is 18.5 Å². The van der Waals surface area contributed by atoms with Crippen LogP contribution in [0.3, 0.4) is 0 Å². The molecule has 1 atom stereocenters. The van der Waals surface area contributed by atoms with E-state index in [9.17, 15) is 0 Å². The lowest BCUT2D eigenvalue weighted by Crippen LogP contribution is -2.55. The first-order valence-electron chi connectivity index (χ1n) is 8.39. The molecular weight excluding hydrogens is 260 g/mol. The van der Waals surface area contributed by atoms with Crippen molar-refractivity contribution in [2.45, 2.75) is 51.7 Å². The monoisotopic (exact) mass is 288 g/mol. The highest BCUT2D eigenvalue weighted by atomic mass is 15.3. The van der Waals surface area contributed by atoms with Gasteiger partial charge in [0.05, 0.1) is 11.9 Å². The van der Waals surface area contributed by atoms with E-state index in [2.05, 4.69) is 46.2 Å². The molecule has 2 aliphatic heterocycles. The Labute approximate surface area is 128 Å². The van der Waals surface area contributed by atoms with Gasteiger partial charge in [-0.25, -0.2) is 0 Å². The molecule has 0 radical (unpaired) electrons. The Bertz CT molecular complexity index is 460. The summed E-state index contributed by atoms with van der Waals surface area (Å²) in [6.07, 6.45) is 8.10. The zero-order chi connectivity index (χ0) is 14.7. The van der Waals surface area contributed by atoms with E-state index in [-0.39, 0.29) is 0 Å². The number of piperidine rings is 1. The van der Waals surface area contributed by atoms with E-state index in [1.807, 2.05) is 6.20 Å². The molecule has 116 valence electrons. The van der Waals surface area contributed by atoms with Crippen LogP contribution in [0, 0.1) is 0 Å². The lowest BCUT2D eigenvalue weighted by molar-refractivity contribution is 0.133. The minimum Gasteiger partial charge on any atom is -0.367 e. The van der Waals surface area contributed by atoms with Crippen LogP contribution < -0.4 is 10.2 Å². The lowest BCUT2D eigenvalue weighted by atomic mass is 9.99. The third kappa shape index (κ3) is 3.55. The number of aromatic nitrogens is 1. The standard InChI is InChI=1S/C17H28N4/c1-14(2)19-11-15-6-7-18-12-17(15)21-10-9-20-8-4-3-5-16(20)13-21/h6-7,12,14,16,19H,3-5,8-11,13H2,1-2H3. The SMILES string of the molecule is CC(C)NCc1ccncc1N1CCN2CCCCC2C1. The molecule has 2 fully saturated rings. The molecule has 0 aliphatic carbocycles. The fraction of sp³-hybridized carbons (Fsp3) is 0.706. The Morgan fingerprint density at radius 3 is 3.05 bits per heavy atom. The molecule has 1 N–H and O–H groups in total. The lowest BCUT2D eigenvalue weighted by Gasteiger charge is -2.45. The van der Waals surface area contributed by atoms with Crippen LogP contribution in [0.2, 0.25) is 0 Å². The summed E-state index contributed by atoms with van der Waals surface area (Å²) in [5, 5.41) is 3.53. The summed E-state index contributed by atoms with van der Waals surface area (Å²) in [6.45, 7) is 10.1. The molecule has 4 heteroatoms. The van der Waals surface area contributed by atoms with E-state index in [0.29, 0.717) is 6.04 Å². The first-order chi connectivity index (χ1) is 10.2. The minimum absolute atomic E-state index is 0.515. The van der Waals surface area contributed by atoms with Gasteiger partial charge in [0.2, 0.25) is 0 Å². The predicted octanol–water partition coefficient (Wildman–Crippen LogP) is 2.25. The zero-order valence-electron chi connectivity index (χ0n) is 13.4. The van der Waals surface area contributed by atoms with Gasteiger partial charge in [0.1, 0.15) is 0 Å². The first-order valence-corrected chi connectivity index (χ1v) is 8.39. The van der Waals surface area contributed by atoms with E-state index in [4.69, 9.17) is 0 Å². The Kier molecular flexibility index (Phi) is 4.76. The average molecular weight is 288 g/mol. The van der Waals surface area contributed by atoms with Crippen molar-refractivity contribution >= 4 is 5.69 Å². The highest BCUT2D eigenvalue weighted by Gasteiger charge is 2.29. The number of hydrogen-bond donors (Lipinski definition) is 1. The van der Waals surface area contributed by atoms with Crippen LogP contribution in [0.1, 0.15) is 38.7 Å². The summed E-state index contributed by atoms with van der Waals surface area (Å²) in [7, 11) is 0. The first kappa shape index (κ1) is 14.8. The molecule has 1 aromatic rings. The van der Waals surface area contributed by atoms with Crippen molar-refractivity contribution in [3.05, 3.63) is 24.0 Å². The van der Waals surface area contributed by atoms with E-state index in [1.54, 1.807) is 0 Å². The number of rotatable bonds is 4. The van der Waals surface area contributed by atoms with Gasteiger partial charge in [-0.2, -0.15) is 0 Å². The van der Waals surface area contributed by atoms with Crippen molar-refractivity contribution < 1.29 is 0 Å². The third-order valence-corrected chi connectivity index (χ3v) is 4.77. The third-order valence-electron chi connectivity index (χ3n) is 4.77. The second kappa shape index (κ2) is 6.75. The molecule has 0 amide bonds. The van der Waals surface area contributed by atoms with Crippen molar-refractivity contribution in [2.75, 3.05) is 31.1 Å². The molecule has 0 bridgehead atoms. The summed E-state index contributed by atoms with van der Waals surface area (Å²) in [6, 6.07) is 3.43. The van der Waals surface area contributed by atoms with Gasteiger partial charge in [-0.15, -0.1) is 0 Å². The molecule has 0 aromatic carbocycles. The molecule has 1 aromatic heterocycles. The average Bonchev–Trinajstić information content (AvgIpc) is 2.52. The number of anilines is 1. The number of piperazine rings is 1. The molecule has 4 nitrogen and oxygen atoms in total. The fourth-order valence-electron chi connectivity index (χ4n) is 3.54. The normalized spacial score (nSPS) is 23.4. The summed E-state index contributed by atoms with van der Waals surface area (Å²) in [5.74, 6) is 0. The van der Waals surface area contributed by atoms with Gasteiger partial charge < -0.3 is 10.2 Å². The highest BCUT2D eigenvalue weighted by Crippen LogP contribution is 2.26. The second-order valence-corrected chi connectivity index (χ2v) is 6.67. The largest absolute Gasteiger partial charge is 0.367 e. The van der Waals surface area contributed by atoms with Gasteiger partial charge in [0.15, 0.2) is 0 Å². The van der Waals surface area contributed by atoms with Gasteiger partial charge in [0, 0.05) is 44.5 Å². The van der Waals surface area contributed by atoms with Crippen LogP contribution in [-0.4, -0.2) is 48.1 Å². The molecule has 21 heavy (non-hydrogen) atoms. The second-order valence-electron chi connectivity index (χ2n) is 6.67. The summed E-state index contributed by atoms with van der Waals surface area (Å²) in [5.41, 5.74) is 2.71. The zero-order valence-corrected chi connectivity index (χ0v) is 13.4. The van der Waals surface area contributed by atoms with Crippen LogP contribution in [-0.2, 0) is 6.54 Å². The fourth-order valence-corrected chi connectivity index (χ4v) is 3.54. The maximum Gasteiger partial charge on any atom is 0.0599 e. The Morgan fingerprint density at radius 1 is 1.29 bits per heavy atom. The quantitative estimate of drug-likeness (QED) is 0.921. The maximum atomic E-state index is 4.37. The number of nitrogens with zero attached hydrogens (tertiary/aromatic N) is 3. The molecule has 0 saturated carbocycles. The number of nitrogens with one attached hydrogen (secondary N) is 1. The van der Waals surface area contributed by atoms with Crippen LogP contribution in [0.5, 0.6) is 0 Å². The molecule has 3 rings (SSSR count). The van der Waals surface area contributed by atoms with Crippen LogP contribution in [0.4, 0.5) is 5.69 Å². The van der Waals surface area contributed by atoms with E-state index in [0.717, 1.165) is 19.1 Å². The predicted molar refractivity (Wildman–Crippen MR) is 87.6 cm³/mol. The Hall–Kier alpha value is -1.13. The van der Waals surface area contributed by atoms with Crippen LogP contribution >= 0.6 is 0 Å². The molecular formula is C17H28N4. The van der Waals surface area contributed by atoms with Gasteiger partial charge in [-0.1, -0.05) is 20.3 Å². The van der Waals surface area contributed by atoms with Gasteiger partial charge in [0.25, 0.3) is 0 Å². The topological polar surface area (TPSA) is 31.4 Å². The van der Waals surface area contributed by atoms with E-state index < -0.39 is 0 Å². The molecule has 3 heterocycles. The smallest absolute Gasteiger partial charge is 0.0599 e. The summed E-state index contributed by atoms with van der Waals surface area (Å²) < 4.78 is 0. The number of hydrogen-bond acceptors (Lipinski definition) is 4. The van der Waals surface area contributed by atoms with E-state index >= 15 is 0 Å². The maximum absolute atomic E-state index is 4.37. The minimum atomic E-state index is 0.515. The van der Waals surface area contributed by atoms with Crippen molar-refractivity contribution in [3.63, 3.8) is 0 Å². The molecule has 2 saturated heterocycles. The van der Waals surface area contributed by atoms with Crippen molar-refractivity contribution in [1.29, 1.82) is 0 Å². The van der Waals surface area contributed by atoms with Gasteiger partial charge >= 0.3 is 0 Å². The summed E-state index contributed by atoms with van der Waals surface area (Å²) >= 11 is 0. The van der Waals surface area contributed by atoms with Crippen molar-refractivity contribution in [1.82, 2.24) is 15.2 Å². The number of pyridine rings is 1. The van der Waals surface area contributed by atoms with Crippen molar-refractivity contribution in [2.24, 2.45) is 0 Å². The van der Waals surface area contributed by atoms with Gasteiger partial charge in [-0.3, -0.25) is 9.88 Å². The Morgan fingerprint density at radius 2 is 2.19 bits per heavy atom. The van der Waals surface area contributed by atoms with Gasteiger partial charge in [-0.05, 0) is 31.0 Å². The van der Waals surface area contributed by atoms with E-state index in [1.165, 1.54) is 50.1 Å². The molecule has 1 unspecified atom stereocenters. The molecule has 2 aliphatic rings. The van der Waals surface area contributed by atoms with Crippen LogP contribution in [0.25, 0.3) is 0 Å². The summed E-state index contributed by atoms with van der Waals surface area (Å²) in [4.78, 5) is 9.60. The Balaban J connectivity index is 1.71. The van der Waals surface area contributed by atoms with Crippen molar-refractivity contribution in [3.8, 4) is 0 Å². The molecule has 0 spiro atoms.